The highest BCUT2D eigenvalue weighted by Crippen LogP contribution is 2.10. The van der Waals surface area contributed by atoms with E-state index in [-0.39, 0.29) is 6.42 Å². The lowest BCUT2D eigenvalue weighted by Crippen LogP contribution is -1.92. The third kappa shape index (κ3) is 49.4. The summed E-state index contributed by atoms with van der Waals surface area (Å²) in [6.45, 7) is 4.41. The van der Waals surface area contributed by atoms with Gasteiger partial charge in [0.2, 0.25) is 0 Å². The summed E-state index contributed by atoms with van der Waals surface area (Å²) in [5, 5.41) is 16.9. The van der Waals surface area contributed by atoms with Crippen LogP contribution in [0.1, 0.15) is 136 Å². The van der Waals surface area contributed by atoms with E-state index in [9.17, 15) is 9.59 Å². The minimum atomic E-state index is -0.930. The average Bonchev–Trinajstić information content (AvgIpc) is 3.05. The minimum absolute atomic E-state index is 0.282. The summed E-state index contributed by atoms with van der Waals surface area (Å²) in [4.78, 5) is 20.6. The van der Waals surface area contributed by atoms with Crippen molar-refractivity contribution in [2.75, 3.05) is 0 Å². The van der Waals surface area contributed by atoms with Crippen molar-refractivity contribution in [1.29, 1.82) is 0 Å². The van der Waals surface area contributed by atoms with E-state index < -0.39 is 11.9 Å². The van der Waals surface area contributed by atoms with Gasteiger partial charge in [0.15, 0.2) is 0 Å². The van der Waals surface area contributed by atoms with Gasteiger partial charge in [-0.2, -0.15) is 0 Å². The van der Waals surface area contributed by atoms with Crippen LogP contribution in [0.5, 0.6) is 0 Å². The van der Waals surface area contributed by atoms with Gasteiger partial charge < -0.3 is 10.2 Å². The molecule has 0 saturated carbocycles. The van der Waals surface area contributed by atoms with Crippen molar-refractivity contribution in [1.82, 2.24) is 0 Å². The Kier molecular flexibility index (Phi) is 41.0. The van der Waals surface area contributed by atoms with Crippen molar-refractivity contribution >= 4 is 11.9 Å². The van der Waals surface area contributed by atoms with Crippen LogP contribution in [0.3, 0.4) is 0 Å². The molecule has 262 valence electrons. The fourth-order valence-electron chi connectivity index (χ4n) is 4.18. The van der Waals surface area contributed by atoms with Gasteiger partial charge in [-0.05, 0) is 64.2 Å². The van der Waals surface area contributed by atoms with Gasteiger partial charge in [-0.25, -0.2) is 4.79 Å². The van der Waals surface area contributed by atoms with Crippen LogP contribution in [-0.2, 0) is 9.59 Å². The molecule has 0 aliphatic heterocycles. The molecule has 0 heterocycles. The van der Waals surface area contributed by atoms with Gasteiger partial charge in [0.25, 0.3) is 0 Å². The fourth-order valence-corrected chi connectivity index (χ4v) is 4.18. The van der Waals surface area contributed by atoms with Crippen LogP contribution in [0.2, 0.25) is 0 Å². The van der Waals surface area contributed by atoms with Gasteiger partial charge in [-0.15, -0.1) is 0 Å². The van der Waals surface area contributed by atoms with Gasteiger partial charge in [0.1, 0.15) is 0 Å². The predicted molar refractivity (Wildman–Crippen MR) is 206 cm³/mol. The van der Waals surface area contributed by atoms with Crippen molar-refractivity contribution in [3.05, 3.63) is 122 Å². The fraction of sp³-hybridized carbons (Fsp3) is 0.488. The van der Waals surface area contributed by atoms with Crippen LogP contribution in [0.15, 0.2) is 122 Å². The van der Waals surface area contributed by atoms with E-state index in [1.54, 1.807) is 12.2 Å². The molecule has 0 radical (unpaired) electrons. The average molecular weight is 647 g/mol. The summed E-state index contributed by atoms with van der Waals surface area (Å²) in [6.07, 6.45) is 61.6. The second-order valence-electron chi connectivity index (χ2n) is 11.2. The molecule has 0 atom stereocenters. The molecule has 4 heteroatoms. The number of carboxylic acid groups (broad SMARTS) is 2. The Bertz CT molecular complexity index is 999. The molecular formula is C43H66O4. The Morgan fingerprint density at radius 2 is 0.830 bits per heavy atom. The van der Waals surface area contributed by atoms with E-state index in [1.165, 1.54) is 63.9 Å². The summed E-state index contributed by atoms with van der Waals surface area (Å²) in [7, 11) is 0. The first-order valence-corrected chi connectivity index (χ1v) is 18.1. The number of allylic oxidation sites excluding steroid dienone is 19. The molecule has 0 fully saturated rings. The van der Waals surface area contributed by atoms with Gasteiger partial charge in [0, 0.05) is 12.5 Å². The molecule has 0 aliphatic carbocycles. The largest absolute Gasteiger partial charge is 0.481 e. The predicted octanol–water partition coefficient (Wildman–Crippen LogP) is 13.2. The van der Waals surface area contributed by atoms with Crippen LogP contribution in [-0.4, -0.2) is 22.2 Å². The maximum absolute atomic E-state index is 10.3. The third-order valence-corrected chi connectivity index (χ3v) is 6.80. The van der Waals surface area contributed by atoms with E-state index in [1.807, 2.05) is 24.3 Å². The molecule has 2 N–H and O–H groups in total. The Morgan fingerprint density at radius 1 is 0.426 bits per heavy atom. The quantitative estimate of drug-likeness (QED) is 0.0367. The molecule has 4 nitrogen and oxygen atoms in total. The van der Waals surface area contributed by atoms with Crippen molar-refractivity contribution in [2.45, 2.75) is 136 Å². The number of carbonyl (C=O) groups is 2. The molecule has 0 saturated heterocycles. The highest BCUT2D eigenvalue weighted by atomic mass is 16.4. The molecule has 0 aromatic carbocycles. The van der Waals surface area contributed by atoms with Crippen molar-refractivity contribution < 1.29 is 19.8 Å². The number of aliphatic carboxylic acids is 2. The van der Waals surface area contributed by atoms with Gasteiger partial charge in [-0.1, -0.05) is 181 Å². The van der Waals surface area contributed by atoms with Crippen LogP contribution in [0, 0.1) is 0 Å². The lowest BCUT2D eigenvalue weighted by molar-refractivity contribution is -0.137. The summed E-state index contributed by atoms with van der Waals surface area (Å²) >= 11 is 0. The molecule has 0 bridgehead atoms. The lowest BCUT2D eigenvalue weighted by Gasteiger charge is -2.00. The maximum Gasteiger partial charge on any atom is 0.328 e. The summed E-state index contributed by atoms with van der Waals surface area (Å²) in [5.41, 5.74) is 0. The van der Waals surface area contributed by atoms with Crippen LogP contribution >= 0.6 is 0 Å². The molecule has 0 amide bonds. The number of rotatable bonds is 29. The Balaban J connectivity index is 0. The zero-order chi connectivity index (χ0) is 34.7. The second kappa shape index (κ2) is 42.3. The van der Waals surface area contributed by atoms with Crippen molar-refractivity contribution in [3.8, 4) is 0 Å². The smallest absolute Gasteiger partial charge is 0.328 e. The Hall–Kier alpha value is -3.66. The number of hydrogen-bond donors (Lipinski definition) is 2. The first-order valence-electron chi connectivity index (χ1n) is 18.1. The highest BCUT2D eigenvalue weighted by Gasteiger charge is 1.94. The van der Waals surface area contributed by atoms with Gasteiger partial charge in [0.05, 0.1) is 0 Å². The molecule has 0 rings (SSSR count). The van der Waals surface area contributed by atoms with E-state index in [0.717, 1.165) is 63.9 Å². The van der Waals surface area contributed by atoms with Crippen LogP contribution < -0.4 is 0 Å². The summed E-state index contributed by atoms with van der Waals surface area (Å²) in [5.74, 6) is -1.63. The molecular weight excluding hydrogens is 580 g/mol. The Labute approximate surface area is 288 Å². The van der Waals surface area contributed by atoms with Gasteiger partial charge >= 0.3 is 11.9 Å². The summed E-state index contributed by atoms with van der Waals surface area (Å²) in [6, 6.07) is 0. The molecule has 0 aromatic heterocycles. The number of carboxylic acids is 2. The van der Waals surface area contributed by atoms with Crippen molar-refractivity contribution in [2.24, 2.45) is 0 Å². The maximum atomic E-state index is 10.3. The highest BCUT2D eigenvalue weighted by molar-refractivity contribution is 5.80. The van der Waals surface area contributed by atoms with E-state index >= 15 is 0 Å². The molecule has 0 aliphatic rings. The van der Waals surface area contributed by atoms with E-state index in [2.05, 4.69) is 86.8 Å². The second-order valence-corrected chi connectivity index (χ2v) is 11.2. The molecule has 0 spiro atoms. The first kappa shape index (κ1) is 45.5. The van der Waals surface area contributed by atoms with Crippen LogP contribution in [0.25, 0.3) is 0 Å². The topological polar surface area (TPSA) is 74.6 Å². The normalized spacial score (nSPS) is 12.7. The molecule has 0 aromatic rings. The zero-order valence-electron chi connectivity index (χ0n) is 29.7. The standard InChI is InChI=1S/C22H34O2.C21H32O2/c1-2-3-4-5-6-7-8-9-10-11-12-13-14-15-16-17-18-19-20-21-22(23)24;1-2-3-4-5-6-7-8-9-10-11-12-13-14-15-16-17-18-19-20-21(22)23/h12-21H,2-11H2,1H3,(H,23,24);3-4,6-7,9-10,12-13,15-16H,2,5,8,11,14,17-20H2,1H3,(H,22,23)/b;4-3-,7-6-,10-9-,13-12-,16-15-. The zero-order valence-corrected chi connectivity index (χ0v) is 29.7. The minimum Gasteiger partial charge on any atom is -0.481 e. The SMILES string of the molecule is CC/C=C\C/C=C\C/C=C\C/C=C\C/C=C\CCCCC(=O)O.CCCCCCCCCCCC=CC=CC=CC=CC=CC(=O)O. The van der Waals surface area contributed by atoms with Crippen molar-refractivity contribution in [3.63, 3.8) is 0 Å². The monoisotopic (exact) mass is 646 g/mol. The van der Waals surface area contributed by atoms with E-state index in [4.69, 9.17) is 10.2 Å². The lowest BCUT2D eigenvalue weighted by atomic mass is 10.1. The summed E-state index contributed by atoms with van der Waals surface area (Å²) < 4.78 is 0. The number of hydrogen-bond acceptors (Lipinski definition) is 2. The molecule has 47 heavy (non-hydrogen) atoms. The van der Waals surface area contributed by atoms with E-state index in [0.29, 0.717) is 0 Å². The third-order valence-electron chi connectivity index (χ3n) is 6.80. The Morgan fingerprint density at radius 3 is 1.32 bits per heavy atom. The van der Waals surface area contributed by atoms with Gasteiger partial charge in [-0.3, -0.25) is 4.79 Å². The van der Waals surface area contributed by atoms with Crippen LogP contribution in [0.4, 0.5) is 0 Å². The molecule has 0 unspecified atom stereocenters. The number of unbranched alkanes of at least 4 members (excludes halogenated alkanes) is 11. The first-order chi connectivity index (χ1) is 23.0.